The Morgan fingerprint density at radius 2 is 2.17 bits per heavy atom. The highest BCUT2D eigenvalue weighted by Gasteiger charge is 1.94. The van der Waals surface area contributed by atoms with Crippen molar-refractivity contribution in [3.05, 3.63) is 0 Å². The smallest absolute Gasteiger partial charge is 0.304 e. The van der Waals surface area contributed by atoms with Crippen LogP contribution in [0.3, 0.4) is 0 Å². The minimum Gasteiger partial charge on any atom is -0.481 e. The summed E-state index contributed by atoms with van der Waals surface area (Å²) in [6.07, 6.45) is 8.08. The van der Waals surface area contributed by atoms with E-state index in [9.17, 15) is 4.79 Å². The van der Waals surface area contributed by atoms with Crippen LogP contribution in [0.5, 0.6) is 0 Å². The minimum atomic E-state index is -0.758. The lowest BCUT2D eigenvalue weighted by atomic mass is 10.2. The van der Waals surface area contributed by atoms with Crippen LogP contribution in [-0.4, -0.2) is 24.2 Å². The average molecular weight is 169 g/mol. The lowest BCUT2D eigenvalue weighted by molar-refractivity contribution is -0.136. The van der Waals surface area contributed by atoms with Crippen molar-refractivity contribution >= 4 is 5.97 Å². The van der Waals surface area contributed by atoms with Gasteiger partial charge in [-0.05, 0) is 19.4 Å². The molecule has 0 aliphatic rings. The van der Waals surface area contributed by atoms with Crippen LogP contribution in [0.15, 0.2) is 0 Å². The molecular formula is C9H15NO2. The fourth-order valence-electron chi connectivity index (χ4n) is 0.797. The van der Waals surface area contributed by atoms with E-state index in [0.29, 0.717) is 6.54 Å². The van der Waals surface area contributed by atoms with E-state index >= 15 is 0 Å². The predicted molar refractivity (Wildman–Crippen MR) is 47.8 cm³/mol. The van der Waals surface area contributed by atoms with E-state index in [1.54, 1.807) is 0 Å². The summed E-state index contributed by atoms with van der Waals surface area (Å²) >= 11 is 0. The fourth-order valence-corrected chi connectivity index (χ4v) is 0.797. The van der Waals surface area contributed by atoms with Crippen LogP contribution in [0, 0.1) is 12.3 Å². The third-order valence-electron chi connectivity index (χ3n) is 1.44. The number of carboxylic acid groups (broad SMARTS) is 1. The SMILES string of the molecule is C#CCCCCNCCC(=O)O. The van der Waals surface area contributed by atoms with Crippen LogP contribution in [0.4, 0.5) is 0 Å². The van der Waals surface area contributed by atoms with Crippen molar-refractivity contribution in [2.75, 3.05) is 13.1 Å². The molecule has 3 heteroatoms. The van der Waals surface area contributed by atoms with Gasteiger partial charge in [-0.25, -0.2) is 0 Å². The zero-order chi connectivity index (χ0) is 9.23. The van der Waals surface area contributed by atoms with Crippen molar-refractivity contribution in [3.63, 3.8) is 0 Å². The topological polar surface area (TPSA) is 49.3 Å². The molecule has 0 aliphatic carbocycles. The van der Waals surface area contributed by atoms with Crippen molar-refractivity contribution in [2.45, 2.75) is 25.7 Å². The zero-order valence-electron chi connectivity index (χ0n) is 7.18. The normalized spacial score (nSPS) is 9.25. The Kier molecular flexibility index (Phi) is 7.41. The van der Waals surface area contributed by atoms with Gasteiger partial charge < -0.3 is 10.4 Å². The van der Waals surface area contributed by atoms with E-state index in [-0.39, 0.29) is 6.42 Å². The molecule has 68 valence electrons. The van der Waals surface area contributed by atoms with Gasteiger partial charge in [0.25, 0.3) is 0 Å². The highest BCUT2D eigenvalue weighted by molar-refractivity contribution is 5.66. The van der Waals surface area contributed by atoms with Crippen LogP contribution in [0.25, 0.3) is 0 Å². The largest absolute Gasteiger partial charge is 0.481 e. The quantitative estimate of drug-likeness (QED) is 0.439. The van der Waals surface area contributed by atoms with Crippen molar-refractivity contribution in [1.82, 2.24) is 5.32 Å². The molecule has 2 N–H and O–H groups in total. The van der Waals surface area contributed by atoms with E-state index in [0.717, 1.165) is 25.8 Å². The predicted octanol–water partition coefficient (Wildman–Crippen LogP) is 0.854. The monoisotopic (exact) mass is 169 g/mol. The first-order valence-electron chi connectivity index (χ1n) is 4.13. The van der Waals surface area contributed by atoms with Crippen molar-refractivity contribution in [2.24, 2.45) is 0 Å². The fraction of sp³-hybridized carbons (Fsp3) is 0.667. The maximum atomic E-state index is 10.1. The first-order valence-corrected chi connectivity index (χ1v) is 4.13. The summed E-state index contributed by atoms with van der Waals surface area (Å²) < 4.78 is 0. The molecule has 0 amide bonds. The van der Waals surface area contributed by atoms with Crippen LogP contribution in [-0.2, 0) is 4.79 Å². The molecule has 0 aromatic heterocycles. The maximum Gasteiger partial charge on any atom is 0.304 e. The summed E-state index contributed by atoms with van der Waals surface area (Å²) in [6, 6.07) is 0. The molecule has 0 bridgehead atoms. The summed E-state index contributed by atoms with van der Waals surface area (Å²) in [5.74, 6) is 1.80. The number of terminal acetylenes is 1. The van der Waals surface area contributed by atoms with Crippen LogP contribution in [0.1, 0.15) is 25.7 Å². The average Bonchev–Trinajstić information content (AvgIpc) is 2.02. The Bertz CT molecular complexity index is 160. The number of hydrogen-bond donors (Lipinski definition) is 2. The molecule has 0 heterocycles. The summed E-state index contributed by atoms with van der Waals surface area (Å²) in [5.41, 5.74) is 0. The second-order valence-electron chi connectivity index (χ2n) is 2.55. The third kappa shape index (κ3) is 8.99. The van der Waals surface area contributed by atoms with E-state index < -0.39 is 5.97 Å². The highest BCUT2D eigenvalue weighted by Crippen LogP contribution is 1.91. The first-order chi connectivity index (χ1) is 5.77. The highest BCUT2D eigenvalue weighted by atomic mass is 16.4. The van der Waals surface area contributed by atoms with Gasteiger partial charge in [-0.1, -0.05) is 0 Å². The standard InChI is InChI=1S/C9H15NO2/c1-2-3-4-5-7-10-8-6-9(11)12/h1,10H,3-8H2,(H,11,12). The molecule has 0 spiro atoms. The number of rotatable bonds is 7. The summed E-state index contributed by atoms with van der Waals surface area (Å²) in [7, 11) is 0. The third-order valence-corrected chi connectivity index (χ3v) is 1.44. The molecule has 0 aromatic carbocycles. The molecular weight excluding hydrogens is 154 g/mol. The Morgan fingerprint density at radius 1 is 1.42 bits per heavy atom. The Morgan fingerprint density at radius 3 is 2.75 bits per heavy atom. The molecule has 0 aliphatic heterocycles. The lowest BCUT2D eigenvalue weighted by Gasteiger charge is -2.00. The minimum absolute atomic E-state index is 0.190. The number of hydrogen-bond acceptors (Lipinski definition) is 2. The van der Waals surface area contributed by atoms with E-state index in [1.165, 1.54) is 0 Å². The van der Waals surface area contributed by atoms with Gasteiger partial charge >= 0.3 is 5.97 Å². The summed E-state index contributed by atoms with van der Waals surface area (Å²) in [6.45, 7) is 1.40. The number of aliphatic carboxylic acids is 1. The van der Waals surface area contributed by atoms with E-state index in [2.05, 4.69) is 11.2 Å². The Balaban J connectivity index is 2.92. The second-order valence-corrected chi connectivity index (χ2v) is 2.55. The number of unbranched alkanes of at least 4 members (excludes halogenated alkanes) is 2. The molecule has 0 saturated carbocycles. The second kappa shape index (κ2) is 8.09. The van der Waals surface area contributed by atoms with Gasteiger partial charge in [0.15, 0.2) is 0 Å². The maximum absolute atomic E-state index is 10.1. The molecule has 0 rings (SSSR count). The lowest BCUT2D eigenvalue weighted by Crippen LogP contribution is -2.19. The van der Waals surface area contributed by atoms with E-state index in [4.69, 9.17) is 11.5 Å². The van der Waals surface area contributed by atoms with Crippen molar-refractivity contribution in [3.8, 4) is 12.3 Å². The summed E-state index contributed by atoms with van der Waals surface area (Å²) in [4.78, 5) is 10.1. The Hall–Kier alpha value is -1.01. The number of carboxylic acids is 1. The van der Waals surface area contributed by atoms with Crippen molar-refractivity contribution < 1.29 is 9.90 Å². The van der Waals surface area contributed by atoms with E-state index in [1.807, 2.05) is 0 Å². The van der Waals surface area contributed by atoms with Crippen LogP contribution >= 0.6 is 0 Å². The van der Waals surface area contributed by atoms with Gasteiger partial charge in [-0.2, -0.15) is 0 Å². The molecule has 3 nitrogen and oxygen atoms in total. The molecule has 0 unspecified atom stereocenters. The zero-order valence-corrected chi connectivity index (χ0v) is 7.18. The molecule has 0 radical (unpaired) electrons. The van der Waals surface area contributed by atoms with Crippen molar-refractivity contribution in [1.29, 1.82) is 0 Å². The molecule has 0 aromatic rings. The van der Waals surface area contributed by atoms with Crippen LogP contribution < -0.4 is 5.32 Å². The molecule has 0 saturated heterocycles. The van der Waals surface area contributed by atoms with Gasteiger partial charge in [-0.3, -0.25) is 4.79 Å². The van der Waals surface area contributed by atoms with Gasteiger partial charge in [-0.15, -0.1) is 12.3 Å². The van der Waals surface area contributed by atoms with Gasteiger partial charge in [0.2, 0.25) is 0 Å². The summed E-state index contributed by atoms with van der Waals surface area (Å²) in [5, 5.41) is 11.3. The molecule has 0 atom stereocenters. The first kappa shape index (κ1) is 11.0. The molecule has 12 heavy (non-hydrogen) atoms. The van der Waals surface area contributed by atoms with Gasteiger partial charge in [0.05, 0.1) is 6.42 Å². The Labute approximate surface area is 73.2 Å². The van der Waals surface area contributed by atoms with Gasteiger partial charge in [0.1, 0.15) is 0 Å². The van der Waals surface area contributed by atoms with Crippen LogP contribution in [0.2, 0.25) is 0 Å². The number of nitrogens with one attached hydrogen (secondary N) is 1. The number of carbonyl (C=O) groups is 1. The van der Waals surface area contributed by atoms with Gasteiger partial charge in [0, 0.05) is 13.0 Å². The molecule has 0 fully saturated rings.